The third-order valence-corrected chi connectivity index (χ3v) is 3.52. The van der Waals surface area contributed by atoms with Crippen molar-refractivity contribution in [3.63, 3.8) is 0 Å². The number of nitrogens with one attached hydrogen (secondary N) is 1. The van der Waals surface area contributed by atoms with E-state index in [1.54, 1.807) is 31.4 Å². The fourth-order valence-corrected chi connectivity index (χ4v) is 2.33. The van der Waals surface area contributed by atoms with E-state index in [1.807, 2.05) is 0 Å². The van der Waals surface area contributed by atoms with E-state index in [2.05, 4.69) is 10.4 Å². The lowest BCUT2D eigenvalue weighted by Crippen LogP contribution is -2.27. The van der Waals surface area contributed by atoms with E-state index in [-0.39, 0.29) is 0 Å². The van der Waals surface area contributed by atoms with Gasteiger partial charge in [0.25, 0.3) is 5.76 Å². The summed E-state index contributed by atoms with van der Waals surface area (Å²) in [4.78, 5) is 12.4. The minimum absolute atomic E-state index is 0.291. The van der Waals surface area contributed by atoms with Crippen LogP contribution in [0.25, 0.3) is 0 Å². The molecule has 8 heteroatoms. The zero-order chi connectivity index (χ0) is 15.4. The first-order valence-electron chi connectivity index (χ1n) is 6.06. The van der Waals surface area contributed by atoms with Crippen molar-refractivity contribution in [3.05, 3.63) is 42.2 Å². The first-order chi connectivity index (χ1) is 9.97. The van der Waals surface area contributed by atoms with Gasteiger partial charge in [0.05, 0.1) is 11.9 Å². The molecule has 0 spiro atoms. The average molecular weight is 312 g/mol. The minimum atomic E-state index is -2.56. The van der Waals surface area contributed by atoms with Crippen molar-refractivity contribution in [2.75, 3.05) is 5.32 Å². The van der Waals surface area contributed by atoms with Gasteiger partial charge in [-0.15, -0.1) is 0 Å². The molecule has 1 amide bonds. The summed E-state index contributed by atoms with van der Waals surface area (Å²) >= 11 is 0.373. The number of hydrogen-bond donors (Lipinski definition) is 2. The molecular formula is C13H14F2N4OS. The van der Waals surface area contributed by atoms with Gasteiger partial charge in [-0.3, -0.25) is 9.48 Å². The Bertz CT molecular complexity index is 632. The standard InChI is InChI=1S/C13H14F2N4OS/c1-19-7-8(6-17-19)11(16)12(20)18-9-4-2-3-5-10(9)21-13(14)15/h2-7,11,13H,16H2,1H3,(H,18,20). The second kappa shape index (κ2) is 6.68. The summed E-state index contributed by atoms with van der Waals surface area (Å²) in [6.07, 6.45) is 3.12. The predicted molar refractivity (Wildman–Crippen MR) is 77.1 cm³/mol. The summed E-state index contributed by atoms with van der Waals surface area (Å²) in [5.74, 6) is -3.04. The van der Waals surface area contributed by atoms with Crippen LogP contribution >= 0.6 is 11.8 Å². The van der Waals surface area contributed by atoms with Gasteiger partial charge in [0.1, 0.15) is 6.04 Å². The number of aromatic nitrogens is 2. The second-order valence-electron chi connectivity index (χ2n) is 4.29. The molecule has 0 aliphatic heterocycles. The fourth-order valence-electron chi connectivity index (χ4n) is 1.73. The predicted octanol–water partition coefficient (Wildman–Crippen LogP) is 2.37. The van der Waals surface area contributed by atoms with E-state index in [0.717, 1.165) is 0 Å². The van der Waals surface area contributed by atoms with Crippen molar-refractivity contribution < 1.29 is 13.6 Å². The summed E-state index contributed by atoms with van der Waals surface area (Å²) in [6, 6.07) is 5.44. The molecule has 1 atom stereocenters. The van der Waals surface area contributed by atoms with Gasteiger partial charge in [0.2, 0.25) is 5.91 Å². The summed E-state index contributed by atoms with van der Waals surface area (Å²) in [7, 11) is 1.71. The fraction of sp³-hybridized carbons (Fsp3) is 0.231. The van der Waals surface area contributed by atoms with Gasteiger partial charge in [0.15, 0.2) is 0 Å². The molecule has 0 radical (unpaired) electrons. The maximum Gasteiger partial charge on any atom is 0.288 e. The van der Waals surface area contributed by atoms with Gasteiger partial charge in [-0.2, -0.15) is 13.9 Å². The number of rotatable bonds is 5. The van der Waals surface area contributed by atoms with Crippen molar-refractivity contribution in [2.45, 2.75) is 16.7 Å². The molecule has 1 heterocycles. The molecule has 0 bridgehead atoms. The highest BCUT2D eigenvalue weighted by molar-refractivity contribution is 7.99. The third kappa shape index (κ3) is 4.02. The van der Waals surface area contributed by atoms with E-state index < -0.39 is 17.7 Å². The Hall–Kier alpha value is -1.93. The number of para-hydroxylation sites is 1. The van der Waals surface area contributed by atoms with E-state index in [4.69, 9.17) is 5.73 Å². The lowest BCUT2D eigenvalue weighted by Gasteiger charge is -2.13. The summed E-state index contributed by atoms with van der Waals surface area (Å²) in [6.45, 7) is 0. The zero-order valence-corrected chi connectivity index (χ0v) is 12.0. The molecule has 1 aromatic heterocycles. The number of halogens is 2. The van der Waals surface area contributed by atoms with Crippen LogP contribution in [0, 0.1) is 0 Å². The number of aryl methyl sites for hydroxylation is 1. The van der Waals surface area contributed by atoms with Gasteiger partial charge < -0.3 is 11.1 Å². The van der Waals surface area contributed by atoms with Crippen LogP contribution in [0.5, 0.6) is 0 Å². The zero-order valence-electron chi connectivity index (χ0n) is 11.2. The Kier molecular flexibility index (Phi) is 4.92. The number of nitrogens with zero attached hydrogens (tertiary/aromatic N) is 2. The SMILES string of the molecule is Cn1cc(C(N)C(=O)Nc2ccccc2SC(F)F)cn1. The number of hydrogen-bond acceptors (Lipinski definition) is 4. The molecule has 0 aliphatic rings. The van der Waals surface area contributed by atoms with Crippen molar-refractivity contribution in [2.24, 2.45) is 12.8 Å². The maximum absolute atomic E-state index is 12.5. The topological polar surface area (TPSA) is 72.9 Å². The van der Waals surface area contributed by atoms with Crippen LogP contribution in [-0.4, -0.2) is 21.4 Å². The van der Waals surface area contributed by atoms with Crippen LogP contribution in [0.2, 0.25) is 0 Å². The van der Waals surface area contributed by atoms with Crippen molar-refractivity contribution in [3.8, 4) is 0 Å². The van der Waals surface area contributed by atoms with Crippen LogP contribution in [0.4, 0.5) is 14.5 Å². The summed E-state index contributed by atoms with van der Waals surface area (Å²) < 4.78 is 26.5. The molecule has 0 fully saturated rings. The number of amides is 1. The first kappa shape index (κ1) is 15.5. The Labute approximate surface area is 124 Å². The van der Waals surface area contributed by atoms with Gasteiger partial charge in [-0.05, 0) is 12.1 Å². The molecule has 3 N–H and O–H groups in total. The number of alkyl halides is 2. The van der Waals surface area contributed by atoms with E-state index in [1.165, 1.54) is 16.9 Å². The van der Waals surface area contributed by atoms with Crippen molar-refractivity contribution >= 4 is 23.4 Å². The normalized spacial score (nSPS) is 12.4. The lowest BCUT2D eigenvalue weighted by molar-refractivity contribution is -0.117. The molecule has 2 rings (SSSR count). The minimum Gasteiger partial charge on any atom is -0.323 e. The largest absolute Gasteiger partial charge is 0.323 e. The number of nitrogens with two attached hydrogens (primary N) is 1. The smallest absolute Gasteiger partial charge is 0.288 e. The monoisotopic (exact) mass is 312 g/mol. The Morgan fingerprint density at radius 3 is 2.76 bits per heavy atom. The first-order valence-corrected chi connectivity index (χ1v) is 6.94. The molecular weight excluding hydrogens is 298 g/mol. The highest BCUT2D eigenvalue weighted by Crippen LogP contribution is 2.31. The number of anilines is 1. The molecule has 112 valence electrons. The highest BCUT2D eigenvalue weighted by Gasteiger charge is 2.19. The molecule has 0 aliphatic carbocycles. The number of benzene rings is 1. The molecule has 0 saturated heterocycles. The number of carbonyl (C=O) groups excluding carboxylic acids is 1. The highest BCUT2D eigenvalue weighted by atomic mass is 32.2. The Morgan fingerprint density at radius 2 is 2.14 bits per heavy atom. The van der Waals surface area contributed by atoms with Gasteiger partial charge in [-0.25, -0.2) is 0 Å². The molecule has 1 unspecified atom stereocenters. The Balaban J connectivity index is 2.12. The van der Waals surface area contributed by atoms with E-state index >= 15 is 0 Å². The number of carbonyl (C=O) groups is 1. The average Bonchev–Trinajstić information content (AvgIpc) is 2.86. The molecule has 0 saturated carbocycles. The third-order valence-electron chi connectivity index (χ3n) is 2.73. The lowest BCUT2D eigenvalue weighted by atomic mass is 10.1. The van der Waals surface area contributed by atoms with Crippen LogP contribution in [-0.2, 0) is 11.8 Å². The van der Waals surface area contributed by atoms with Gasteiger partial charge in [-0.1, -0.05) is 23.9 Å². The van der Waals surface area contributed by atoms with Crippen LogP contribution in [0.1, 0.15) is 11.6 Å². The van der Waals surface area contributed by atoms with Crippen LogP contribution in [0.3, 0.4) is 0 Å². The summed E-state index contributed by atoms with van der Waals surface area (Å²) in [5.41, 5.74) is 6.69. The molecule has 21 heavy (non-hydrogen) atoms. The maximum atomic E-state index is 12.5. The second-order valence-corrected chi connectivity index (χ2v) is 5.32. The van der Waals surface area contributed by atoms with Gasteiger partial charge in [0, 0.05) is 23.7 Å². The summed E-state index contributed by atoms with van der Waals surface area (Å²) in [5, 5.41) is 6.51. The van der Waals surface area contributed by atoms with Crippen LogP contribution < -0.4 is 11.1 Å². The quantitative estimate of drug-likeness (QED) is 0.831. The molecule has 2 aromatic rings. The molecule has 1 aromatic carbocycles. The number of thioether (sulfide) groups is 1. The van der Waals surface area contributed by atoms with Crippen molar-refractivity contribution in [1.82, 2.24) is 9.78 Å². The van der Waals surface area contributed by atoms with E-state index in [9.17, 15) is 13.6 Å². The van der Waals surface area contributed by atoms with Gasteiger partial charge >= 0.3 is 0 Å². The molecule has 5 nitrogen and oxygen atoms in total. The van der Waals surface area contributed by atoms with Crippen LogP contribution in [0.15, 0.2) is 41.6 Å². The Morgan fingerprint density at radius 1 is 1.43 bits per heavy atom. The van der Waals surface area contributed by atoms with Crippen molar-refractivity contribution in [1.29, 1.82) is 0 Å². The van der Waals surface area contributed by atoms with E-state index in [0.29, 0.717) is 27.9 Å².